The highest BCUT2D eigenvalue weighted by atomic mass is 19.4. The molecule has 1 saturated heterocycles. The van der Waals surface area contributed by atoms with Crippen molar-refractivity contribution in [2.24, 2.45) is 11.3 Å². The molecule has 6 rings (SSSR count). The van der Waals surface area contributed by atoms with Crippen molar-refractivity contribution in [3.05, 3.63) is 75.1 Å². The van der Waals surface area contributed by atoms with Crippen LogP contribution in [-0.4, -0.2) is 16.8 Å². The van der Waals surface area contributed by atoms with E-state index in [-0.39, 0.29) is 11.3 Å². The van der Waals surface area contributed by atoms with Crippen LogP contribution in [0.1, 0.15) is 88.9 Å². The summed E-state index contributed by atoms with van der Waals surface area (Å²) >= 11 is 0. The molecule has 186 valence electrons. The van der Waals surface area contributed by atoms with E-state index in [1.54, 1.807) is 12.1 Å². The van der Waals surface area contributed by atoms with Crippen molar-refractivity contribution in [3.8, 4) is 0 Å². The number of halogens is 3. The van der Waals surface area contributed by atoms with Crippen LogP contribution in [0.25, 0.3) is 0 Å². The third kappa shape index (κ3) is 3.62. The third-order valence-corrected chi connectivity index (χ3v) is 9.14. The van der Waals surface area contributed by atoms with Gasteiger partial charge in [-0.3, -0.25) is 0 Å². The zero-order chi connectivity index (χ0) is 24.6. The highest BCUT2D eigenvalue weighted by Gasteiger charge is 2.55. The monoisotopic (exact) mass is 482 g/mol. The Hall–Kier alpha value is -2.07. The number of fused-ring (bicyclic) bond motifs is 3. The third-order valence-electron chi connectivity index (χ3n) is 9.14. The fourth-order valence-electron chi connectivity index (χ4n) is 7.28. The summed E-state index contributed by atoms with van der Waals surface area (Å²) in [6.45, 7) is 4.30. The topological polar surface area (TPSA) is 29.5 Å². The minimum absolute atomic E-state index is 0.192. The number of aliphatic hydroxyl groups excluding tert-OH is 1. The molecule has 4 aliphatic carbocycles. The Bertz CT molecular complexity index is 1160. The summed E-state index contributed by atoms with van der Waals surface area (Å²) in [7, 11) is 0. The van der Waals surface area contributed by atoms with Gasteiger partial charge in [-0.1, -0.05) is 45.2 Å². The summed E-state index contributed by atoms with van der Waals surface area (Å²) in [5, 5.41) is 11.6. The van der Waals surface area contributed by atoms with E-state index >= 15 is 0 Å². The number of aliphatic hydroxyl groups is 1. The van der Waals surface area contributed by atoms with E-state index in [0.29, 0.717) is 0 Å². The van der Waals surface area contributed by atoms with Gasteiger partial charge in [0.25, 0.3) is 0 Å². The van der Waals surface area contributed by atoms with E-state index in [4.69, 9.17) is 4.74 Å². The van der Waals surface area contributed by atoms with E-state index in [1.807, 2.05) is 0 Å². The first-order valence-electron chi connectivity index (χ1n) is 13.1. The Balaban J connectivity index is 1.54. The Labute approximate surface area is 205 Å². The van der Waals surface area contributed by atoms with Gasteiger partial charge in [-0.2, -0.15) is 13.2 Å². The highest BCUT2D eigenvalue weighted by molar-refractivity contribution is 5.63. The second-order valence-electron chi connectivity index (χ2n) is 11.6. The van der Waals surface area contributed by atoms with Crippen LogP contribution in [0.15, 0.2) is 63.9 Å². The van der Waals surface area contributed by atoms with Crippen LogP contribution in [0.5, 0.6) is 0 Å². The second-order valence-corrected chi connectivity index (χ2v) is 11.6. The van der Waals surface area contributed by atoms with Crippen LogP contribution in [-0.2, 0) is 10.9 Å². The van der Waals surface area contributed by atoms with Crippen LogP contribution in [0.2, 0.25) is 0 Å². The van der Waals surface area contributed by atoms with Crippen LogP contribution in [0, 0.1) is 11.3 Å². The smallest absolute Gasteiger partial charge is 0.388 e. The Morgan fingerprint density at radius 3 is 2.26 bits per heavy atom. The first kappa shape index (κ1) is 23.3. The first-order chi connectivity index (χ1) is 16.6. The van der Waals surface area contributed by atoms with Crippen LogP contribution < -0.4 is 0 Å². The molecule has 2 nitrogen and oxygen atoms in total. The van der Waals surface area contributed by atoms with Crippen LogP contribution in [0.4, 0.5) is 13.2 Å². The molecule has 1 unspecified atom stereocenters. The van der Waals surface area contributed by atoms with E-state index in [0.717, 1.165) is 96.9 Å². The van der Waals surface area contributed by atoms with Crippen molar-refractivity contribution in [1.82, 2.24) is 0 Å². The highest BCUT2D eigenvalue weighted by Crippen LogP contribution is 2.62. The lowest BCUT2D eigenvalue weighted by Gasteiger charge is -2.48. The average Bonchev–Trinajstić information content (AvgIpc) is 3.32. The SMILES string of the molecule is CC(C)C1=C2C(=C3C(=C=C1)CC1(CCC1)C[C@@H]3O)C1(CCCC1)OC2c1ccc(C(F)(F)F)cc1. The van der Waals surface area contributed by atoms with Gasteiger partial charge >= 0.3 is 6.18 Å². The molecule has 0 aromatic heterocycles. The van der Waals surface area contributed by atoms with Crippen molar-refractivity contribution in [3.63, 3.8) is 0 Å². The molecular weight excluding hydrogens is 449 g/mol. The minimum atomic E-state index is -4.37. The van der Waals surface area contributed by atoms with Gasteiger partial charge in [0.05, 0.1) is 17.3 Å². The number of hydrogen-bond donors (Lipinski definition) is 1. The lowest BCUT2D eigenvalue weighted by atomic mass is 9.57. The summed E-state index contributed by atoms with van der Waals surface area (Å²) in [5.74, 6) is 0.195. The lowest BCUT2D eigenvalue weighted by molar-refractivity contribution is -0.137. The van der Waals surface area contributed by atoms with Crippen molar-refractivity contribution in [1.29, 1.82) is 0 Å². The molecular formula is C30H33F3O2. The molecule has 3 saturated carbocycles. The summed E-state index contributed by atoms with van der Waals surface area (Å²) in [6, 6.07) is 5.45. The molecule has 1 heterocycles. The molecule has 2 spiro atoms. The number of hydrogen-bond acceptors (Lipinski definition) is 2. The van der Waals surface area contributed by atoms with Crippen molar-refractivity contribution >= 4 is 0 Å². The Morgan fingerprint density at radius 2 is 1.69 bits per heavy atom. The van der Waals surface area contributed by atoms with E-state index in [2.05, 4.69) is 25.7 Å². The molecule has 5 aliphatic rings. The predicted molar refractivity (Wildman–Crippen MR) is 128 cm³/mol. The molecule has 35 heavy (non-hydrogen) atoms. The van der Waals surface area contributed by atoms with Gasteiger partial charge in [0.1, 0.15) is 6.10 Å². The zero-order valence-electron chi connectivity index (χ0n) is 20.5. The maximum absolute atomic E-state index is 13.3. The number of benzene rings is 1. The minimum Gasteiger partial charge on any atom is -0.388 e. The number of ether oxygens (including phenoxy) is 1. The fraction of sp³-hybridized carbons (Fsp3) is 0.567. The predicted octanol–water partition coefficient (Wildman–Crippen LogP) is 7.76. The van der Waals surface area contributed by atoms with Gasteiger partial charge in [-0.15, -0.1) is 5.73 Å². The number of allylic oxidation sites excluding steroid dienone is 1. The standard InChI is InChI=1S/C30H33F3O2/c1-18(2)22-11-8-20-16-28(12-5-13-28)17-23(34)24(20)26-25(22)27(35-29(26)14-3-4-15-29)19-6-9-21(10-7-19)30(31,32)33/h6-7,9-11,18,23,27,34H,3-5,12-17H2,1-2H3/t23-,27?/m0/s1. The summed E-state index contributed by atoms with van der Waals surface area (Å²) < 4.78 is 46.7. The second kappa shape index (κ2) is 7.96. The maximum atomic E-state index is 13.3. The van der Waals surface area contributed by atoms with E-state index in [1.165, 1.54) is 6.42 Å². The van der Waals surface area contributed by atoms with Gasteiger partial charge < -0.3 is 9.84 Å². The quantitative estimate of drug-likeness (QED) is 0.437. The first-order valence-corrected chi connectivity index (χ1v) is 13.1. The largest absolute Gasteiger partial charge is 0.416 e. The molecule has 1 aliphatic heterocycles. The van der Waals surface area contributed by atoms with E-state index < -0.39 is 29.5 Å². The van der Waals surface area contributed by atoms with Gasteiger partial charge in [0.15, 0.2) is 0 Å². The lowest BCUT2D eigenvalue weighted by Crippen LogP contribution is -2.41. The molecule has 0 bridgehead atoms. The maximum Gasteiger partial charge on any atom is 0.416 e. The Kier molecular flexibility index (Phi) is 5.31. The molecule has 2 atom stereocenters. The zero-order valence-corrected chi connectivity index (χ0v) is 20.5. The fourth-order valence-corrected chi connectivity index (χ4v) is 7.28. The Morgan fingerprint density at radius 1 is 1.00 bits per heavy atom. The van der Waals surface area contributed by atoms with Crippen molar-refractivity contribution in [2.45, 2.75) is 95.6 Å². The summed E-state index contributed by atoms with van der Waals surface area (Å²) in [5.41, 5.74) is 8.84. The number of rotatable bonds is 2. The van der Waals surface area contributed by atoms with Gasteiger partial charge in [0, 0.05) is 5.57 Å². The molecule has 0 radical (unpaired) electrons. The average molecular weight is 483 g/mol. The normalized spacial score (nSPS) is 28.9. The molecule has 1 N–H and O–H groups in total. The molecule has 0 amide bonds. The van der Waals surface area contributed by atoms with Crippen molar-refractivity contribution in [2.75, 3.05) is 0 Å². The summed E-state index contributed by atoms with van der Waals surface area (Å²) in [4.78, 5) is 0. The van der Waals surface area contributed by atoms with E-state index in [9.17, 15) is 18.3 Å². The van der Waals surface area contributed by atoms with Crippen LogP contribution in [0.3, 0.4) is 0 Å². The molecule has 5 heteroatoms. The van der Waals surface area contributed by atoms with Gasteiger partial charge in [-0.25, -0.2) is 0 Å². The number of alkyl halides is 3. The molecule has 4 fully saturated rings. The van der Waals surface area contributed by atoms with Gasteiger partial charge in [0.2, 0.25) is 0 Å². The van der Waals surface area contributed by atoms with Crippen LogP contribution >= 0.6 is 0 Å². The molecule has 1 aromatic carbocycles. The van der Waals surface area contributed by atoms with Crippen molar-refractivity contribution < 1.29 is 23.0 Å². The van der Waals surface area contributed by atoms with Gasteiger partial charge in [-0.05, 0) is 95.9 Å². The molecule has 1 aromatic rings. The summed E-state index contributed by atoms with van der Waals surface area (Å²) in [6.07, 6.45) is 5.83.